The largest absolute Gasteiger partial charge is 0.467 e. The Morgan fingerprint density at radius 3 is 2.71 bits per heavy atom. The number of aryl methyl sites for hydroxylation is 1. The molecule has 4 heterocycles. The molecule has 0 radical (unpaired) electrons. The minimum absolute atomic E-state index is 0.153. The molecule has 1 aliphatic heterocycles. The Hall–Kier alpha value is -2.91. The minimum Gasteiger partial charge on any atom is -0.467 e. The van der Waals surface area contributed by atoms with Crippen molar-refractivity contribution in [2.75, 3.05) is 11.9 Å². The highest BCUT2D eigenvalue weighted by Gasteiger charge is 2.32. The number of aromatic nitrogens is 2. The summed E-state index contributed by atoms with van der Waals surface area (Å²) in [5, 5.41) is 3.22. The fourth-order valence-corrected chi connectivity index (χ4v) is 5.32. The number of nitrogens with zero attached hydrogens (tertiary/aromatic N) is 3. The topological polar surface area (TPSA) is 79.8 Å². The minimum atomic E-state index is -0.248. The van der Waals surface area contributed by atoms with Crippen molar-refractivity contribution in [1.29, 1.82) is 0 Å². The first-order valence-corrected chi connectivity index (χ1v) is 13.3. The second-order valence-electron chi connectivity index (χ2n) is 8.60. The number of pyridine rings is 1. The molecule has 1 amide bonds. The van der Waals surface area contributed by atoms with Crippen molar-refractivity contribution in [3.63, 3.8) is 0 Å². The van der Waals surface area contributed by atoms with Gasteiger partial charge in [0.25, 0.3) is 11.5 Å². The summed E-state index contributed by atoms with van der Waals surface area (Å²) in [6.07, 6.45) is 11.7. The monoisotopic (exact) mass is 510 g/mol. The van der Waals surface area contributed by atoms with Gasteiger partial charge in [0, 0.05) is 12.7 Å². The molecule has 0 unspecified atom stereocenters. The van der Waals surface area contributed by atoms with E-state index in [0.717, 1.165) is 18.4 Å². The average Bonchev–Trinajstić information content (AvgIpc) is 3.46. The van der Waals surface area contributed by atoms with Crippen molar-refractivity contribution < 1.29 is 9.21 Å². The van der Waals surface area contributed by atoms with E-state index in [2.05, 4.69) is 12.2 Å². The number of carbonyl (C=O) groups is 1. The van der Waals surface area contributed by atoms with Gasteiger partial charge in [-0.3, -0.25) is 18.9 Å². The van der Waals surface area contributed by atoms with Crippen LogP contribution in [0.25, 0.3) is 11.7 Å². The van der Waals surface area contributed by atoms with Crippen molar-refractivity contribution >= 4 is 51.7 Å². The molecule has 0 aromatic carbocycles. The fraction of sp³-hybridized carbons (Fsp3) is 0.385. The predicted molar refractivity (Wildman–Crippen MR) is 145 cm³/mol. The predicted octanol–water partition coefficient (Wildman–Crippen LogP) is 5.77. The first kappa shape index (κ1) is 25.2. The van der Waals surface area contributed by atoms with Crippen molar-refractivity contribution in [3.8, 4) is 0 Å². The summed E-state index contributed by atoms with van der Waals surface area (Å²) < 4.78 is 7.45. The summed E-state index contributed by atoms with van der Waals surface area (Å²) in [5.74, 6) is 0.967. The first-order valence-electron chi connectivity index (χ1n) is 12.0. The van der Waals surface area contributed by atoms with Gasteiger partial charge >= 0.3 is 0 Å². The number of carbonyl (C=O) groups excluding carboxylic acids is 1. The highest BCUT2D eigenvalue weighted by molar-refractivity contribution is 8.26. The van der Waals surface area contributed by atoms with E-state index in [4.69, 9.17) is 21.6 Å². The lowest BCUT2D eigenvalue weighted by Crippen LogP contribution is -2.29. The summed E-state index contributed by atoms with van der Waals surface area (Å²) in [7, 11) is 0. The smallest absolute Gasteiger partial charge is 0.267 e. The zero-order valence-electron chi connectivity index (χ0n) is 20.1. The molecule has 3 aromatic heterocycles. The third-order valence-electron chi connectivity index (χ3n) is 5.98. The molecular weight excluding hydrogens is 480 g/mol. The summed E-state index contributed by atoms with van der Waals surface area (Å²) >= 11 is 6.73. The Morgan fingerprint density at radius 1 is 1.14 bits per heavy atom. The maximum absolute atomic E-state index is 13.5. The van der Waals surface area contributed by atoms with Crippen LogP contribution < -0.4 is 10.9 Å². The normalized spacial score (nSPS) is 15.0. The third-order valence-corrected chi connectivity index (χ3v) is 7.36. The highest BCUT2D eigenvalue weighted by atomic mass is 32.2. The molecule has 7 nitrogen and oxygen atoms in total. The Bertz CT molecular complexity index is 1300. The van der Waals surface area contributed by atoms with E-state index in [1.807, 2.05) is 25.1 Å². The van der Waals surface area contributed by atoms with Crippen molar-refractivity contribution in [1.82, 2.24) is 14.3 Å². The SMILES string of the molecule is CCCCCCCCN1C(=O)/C(=C\c2c(NCc3ccco3)nc3c(C)cccn3c2=O)SC1=S. The molecule has 0 bridgehead atoms. The Morgan fingerprint density at radius 2 is 1.94 bits per heavy atom. The molecule has 35 heavy (non-hydrogen) atoms. The van der Waals surface area contributed by atoms with Gasteiger partial charge in [-0.15, -0.1) is 0 Å². The Labute approximate surface area is 214 Å². The lowest BCUT2D eigenvalue weighted by atomic mass is 10.1. The van der Waals surface area contributed by atoms with Crippen molar-refractivity contribution in [2.45, 2.75) is 58.9 Å². The second-order valence-corrected chi connectivity index (χ2v) is 10.3. The summed E-state index contributed by atoms with van der Waals surface area (Å²) in [6.45, 7) is 5.07. The van der Waals surface area contributed by atoms with Gasteiger partial charge in [-0.1, -0.05) is 69.1 Å². The molecule has 4 rings (SSSR count). The number of hydrogen-bond acceptors (Lipinski definition) is 7. The van der Waals surface area contributed by atoms with Crippen LogP contribution in [0.3, 0.4) is 0 Å². The van der Waals surface area contributed by atoms with Crippen LogP contribution in [-0.4, -0.2) is 31.1 Å². The molecule has 1 saturated heterocycles. The Kier molecular flexibility index (Phi) is 8.41. The molecule has 0 saturated carbocycles. The number of unbranched alkanes of at least 4 members (excludes halogenated alkanes) is 5. The van der Waals surface area contributed by atoms with Gasteiger partial charge in [0.05, 0.1) is 23.3 Å². The van der Waals surface area contributed by atoms with E-state index in [1.165, 1.54) is 41.8 Å². The van der Waals surface area contributed by atoms with Crippen LogP contribution >= 0.6 is 24.0 Å². The van der Waals surface area contributed by atoms with Crippen LogP contribution in [-0.2, 0) is 11.3 Å². The molecule has 0 aliphatic carbocycles. The maximum atomic E-state index is 13.5. The number of thioether (sulfide) groups is 1. The van der Waals surface area contributed by atoms with Gasteiger partial charge in [-0.05, 0) is 43.2 Å². The number of rotatable bonds is 11. The zero-order valence-corrected chi connectivity index (χ0v) is 21.7. The molecule has 1 fully saturated rings. The molecule has 0 atom stereocenters. The third kappa shape index (κ3) is 5.85. The lowest BCUT2D eigenvalue weighted by Gasteiger charge is -2.14. The summed E-state index contributed by atoms with van der Waals surface area (Å²) in [4.78, 5) is 33.4. The van der Waals surface area contributed by atoms with E-state index in [0.29, 0.717) is 45.1 Å². The molecule has 0 spiro atoms. The maximum Gasteiger partial charge on any atom is 0.267 e. The number of amides is 1. The van der Waals surface area contributed by atoms with Gasteiger partial charge in [0.2, 0.25) is 0 Å². The van der Waals surface area contributed by atoms with Crippen molar-refractivity contribution in [2.24, 2.45) is 0 Å². The van der Waals surface area contributed by atoms with Gasteiger partial charge < -0.3 is 9.73 Å². The van der Waals surface area contributed by atoms with Crippen LogP contribution in [0.4, 0.5) is 5.82 Å². The number of thiocarbonyl (C=S) groups is 1. The van der Waals surface area contributed by atoms with E-state index in [-0.39, 0.29) is 11.5 Å². The second kappa shape index (κ2) is 11.7. The van der Waals surface area contributed by atoms with E-state index < -0.39 is 0 Å². The number of hydrogen-bond donors (Lipinski definition) is 1. The van der Waals surface area contributed by atoms with Crippen molar-refractivity contribution in [3.05, 3.63) is 68.9 Å². The number of nitrogens with one attached hydrogen (secondary N) is 1. The summed E-state index contributed by atoms with van der Waals surface area (Å²) in [5.41, 5.74) is 1.51. The molecule has 3 aromatic rings. The van der Waals surface area contributed by atoms with E-state index in [1.54, 1.807) is 29.5 Å². The zero-order chi connectivity index (χ0) is 24.8. The molecule has 9 heteroatoms. The van der Waals surface area contributed by atoms with Crippen LogP contribution in [0.2, 0.25) is 0 Å². The van der Waals surface area contributed by atoms with Gasteiger partial charge in [-0.25, -0.2) is 4.98 Å². The van der Waals surface area contributed by atoms with E-state index in [9.17, 15) is 9.59 Å². The summed E-state index contributed by atoms with van der Waals surface area (Å²) in [6, 6.07) is 7.37. The molecular formula is C26H30N4O3S2. The van der Waals surface area contributed by atoms with E-state index >= 15 is 0 Å². The highest BCUT2D eigenvalue weighted by Crippen LogP contribution is 2.33. The first-order chi connectivity index (χ1) is 17.0. The number of anilines is 1. The number of fused-ring (bicyclic) bond motifs is 1. The van der Waals surface area contributed by atoms with Gasteiger partial charge in [0.15, 0.2) is 0 Å². The lowest BCUT2D eigenvalue weighted by molar-refractivity contribution is -0.122. The quantitative estimate of drug-likeness (QED) is 0.199. The van der Waals surface area contributed by atoms with Crippen LogP contribution in [0, 0.1) is 6.92 Å². The van der Waals surface area contributed by atoms with Crippen LogP contribution in [0.15, 0.2) is 50.8 Å². The molecule has 184 valence electrons. The van der Waals surface area contributed by atoms with Crippen LogP contribution in [0.5, 0.6) is 0 Å². The average molecular weight is 511 g/mol. The van der Waals surface area contributed by atoms with Gasteiger partial charge in [-0.2, -0.15) is 0 Å². The Balaban J connectivity index is 1.60. The number of furan rings is 1. The fourth-order valence-electron chi connectivity index (χ4n) is 4.03. The van der Waals surface area contributed by atoms with Crippen LogP contribution in [0.1, 0.15) is 62.3 Å². The molecule has 1 N–H and O–H groups in total. The standard InChI is InChI=1S/C26H30N4O3S2/c1-3-4-5-6-7-8-13-30-25(32)21(35-26(30)34)16-20-22(27-17-19-12-10-15-33-19)28-23-18(2)11-9-14-29(23)24(20)31/h9-12,14-16,27H,3-8,13,17H2,1-2H3/b21-16+. The van der Waals surface area contributed by atoms with Gasteiger partial charge in [0.1, 0.15) is 21.5 Å². The molecule has 1 aliphatic rings.